The van der Waals surface area contributed by atoms with E-state index in [0.29, 0.717) is 41.0 Å². The van der Waals surface area contributed by atoms with Gasteiger partial charge in [0, 0.05) is 23.9 Å². The van der Waals surface area contributed by atoms with Crippen LogP contribution in [0.25, 0.3) is 5.57 Å². The lowest BCUT2D eigenvalue weighted by Gasteiger charge is -2.19. The van der Waals surface area contributed by atoms with Gasteiger partial charge in [0.05, 0.1) is 18.7 Å². The van der Waals surface area contributed by atoms with Crippen LogP contribution in [-0.2, 0) is 14.3 Å². The Hall–Kier alpha value is -3.03. The number of hydrogen-bond acceptors (Lipinski definition) is 6. The lowest BCUT2D eigenvalue weighted by molar-refractivity contribution is -0.137. The first-order valence-corrected chi connectivity index (χ1v) is 9.48. The van der Waals surface area contributed by atoms with E-state index in [0.717, 1.165) is 0 Å². The van der Waals surface area contributed by atoms with Crippen molar-refractivity contribution in [3.63, 3.8) is 0 Å². The second-order valence-electron chi connectivity index (χ2n) is 6.50. The highest BCUT2D eigenvalue weighted by molar-refractivity contribution is 6.36. The molecule has 0 atom stereocenters. The van der Waals surface area contributed by atoms with Crippen LogP contribution in [0.2, 0.25) is 5.02 Å². The van der Waals surface area contributed by atoms with Crippen molar-refractivity contribution in [1.29, 1.82) is 0 Å². The second kappa shape index (κ2) is 8.14. The minimum atomic E-state index is -0.410. The van der Waals surface area contributed by atoms with Crippen LogP contribution < -0.4 is 14.8 Å². The highest BCUT2D eigenvalue weighted by atomic mass is 35.5. The van der Waals surface area contributed by atoms with Crippen LogP contribution in [0.4, 0.5) is 5.69 Å². The molecule has 0 aliphatic carbocycles. The van der Waals surface area contributed by atoms with Gasteiger partial charge in [0.25, 0.3) is 11.8 Å². The van der Waals surface area contributed by atoms with Gasteiger partial charge in [0.1, 0.15) is 18.9 Å². The number of rotatable bonds is 6. The van der Waals surface area contributed by atoms with Gasteiger partial charge in [0.2, 0.25) is 0 Å². The summed E-state index contributed by atoms with van der Waals surface area (Å²) in [5.41, 5.74) is 1.71. The van der Waals surface area contributed by atoms with Crippen LogP contribution in [0.1, 0.15) is 5.56 Å². The van der Waals surface area contributed by atoms with Crippen molar-refractivity contribution in [1.82, 2.24) is 4.90 Å². The van der Waals surface area contributed by atoms with Crippen LogP contribution in [0.15, 0.2) is 48.2 Å². The number of imide groups is 1. The van der Waals surface area contributed by atoms with Crippen LogP contribution in [0.5, 0.6) is 11.5 Å². The normalized spacial score (nSPS) is 15.9. The summed E-state index contributed by atoms with van der Waals surface area (Å²) in [7, 11) is 1.52. The Bertz CT molecular complexity index is 987. The van der Waals surface area contributed by atoms with Crippen molar-refractivity contribution in [3.8, 4) is 11.5 Å². The number of halogens is 1. The summed E-state index contributed by atoms with van der Waals surface area (Å²) in [6.45, 7) is 1.37. The van der Waals surface area contributed by atoms with Crippen molar-refractivity contribution < 1.29 is 23.8 Å². The molecular formula is C21H19ClN2O5. The zero-order valence-corrected chi connectivity index (χ0v) is 16.5. The SMILES string of the molecule is COCCN1C(=O)C(Nc2ccc3c(c2)OCCO3)=C(c2ccc(Cl)cc2)C1=O. The van der Waals surface area contributed by atoms with Crippen molar-refractivity contribution >= 4 is 34.7 Å². The molecule has 0 radical (unpaired) electrons. The van der Waals surface area contributed by atoms with E-state index in [1.165, 1.54) is 12.0 Å². The second-order valence-corrected chi connectivity index (χ2v) is 6.93. The Morgan fingerprint density at radius 1 is 1.03 bits per heavy atom. The Kier molecular flexibility index (Phi) is 5.42. The maximum absolute atomic E-state index is 13.0. The van der Waals surface area contributed by atoms with Gasteiger partial charge in [-0.2, -0.15) is 0 Å². The van der Waals surface area contributed by atoms with Gasteiger partial charge in [-0.05, 0) is 29.8 Å². The molecule has 4 rings (SSSR count). The summed E-state index contributed by atoms with van der Waals surface area (Å²) >= 11 is 5.98. The minimum Gasteiger partial charge on any atom is -0.486 e. The molecule has 2 aliphatic rings. The van der Waals surface area contributed by atoms with Crippen LogP contribution in [0.3, 0.4) is 0 Å². The molecule has 0 saturated carbocycles. The molecule has 7 nitrogen and oxygen atoms in total. The van der Waals surface area contributed by atoms with E-state index >= 15 is 0 Å². The lowest BCUT2D eigenvalue weighted by atomic mass is 10.0. The number of nitrogens with zero attached hydrogens (tertiary/aromatic N) is 1. The third-order valence-corrected chi connectivity index (χ3v) is 4.88. The molecule has 2 aromatic rings. The summed E-state index contributed by atoms with van der Waals surface area (Å²) < 4.78 is 16.2. The highest BCUT2D eigenvalue weighted by Gasteiger charge is 2.39. The number of fused-ring (bicyclic) bond motifs is 1. The van der Waals surface area contributed by atoms with E-state index < -0.39 is 5.91 Å². The predicted molar refractivity (Wildman–Crippen MR) is 108 cm³/mol. The fourth-order valence-electron chi connectivity index (χ4n) is 3.23. The maximum atomic E-state index is 13.0. The lowest BCUT2D eigenvalue weighted by Crippen LogP contribution is -2.35. The van der Waals surface area contributed by atoms with Gasteiger partial charge in [0.15, 0.2) is 11.5 Å². The molecule has 2 heterocycles. The number of carbonyl (C=O) groups excluding carboxylic acids is 2. The topological polar surface area (TPSA) is 77.1 Å². The molecule has 2 aliphatic heterocycles. The van der Waals surface area contributed by atoms with Gasteiger partial charge < -0.3 is 19.5 Å². The molecule has 0 fully saturated rings. The van der Waals surface area contributed by atoms with E-state index in [1.807, 2.05) is 0 Å². The van der Waals surface area contributed by atoms with Crippen LogP contribution in [0, 0.1) is 0 Å². The summed E-state index contributed by atoms with van der Waals surface area (Å²) in [5.74, 6) is 0.438. The highest BCUT2D eigenvalue weighted by Crippen LogP contribution is 2.35. The van der Waals surface area contributed by atoms with Crippen LogP contribution in [-0.4, -0.2) is 50.2 Å². The number of ether oxygens (including phenoxy) is 3. The van der Waals surface area contributed by atoms with Gasteiger partial charge in [-0.25, -0.2) is 0 Å². The number of hydrogen-bond donors (Lipinski definition) is 1. The van der Waals surface area contributed by atoms with Gasteiger partial charge in [-0.15, -0.1) is 0 Å². The third-order valence-electron chi connectivity index (χ3n) is 4.63. The fourth-order valence-corrected chi connectivity index (χ4v) is 3.35. The summed E-state index contributed by atoms with van der Waals surface area (Å²) in [5, 5.41) is 3.64. The summed E-state index contributed by atoms with van der Waals surface area (Å²) in [6.07, 6.45) is 0. The molecular weight excluding hydrogens is 396 g/mol. The molecule has 0 saturated heterocycles. The molecule has 0 bridgehead atoms. The van der Waals surface area contributed by atoms with Gasteiger partial charge in [-0.3, -0.25) is 14.5 Å². The molecule has 0 spiro atoms. The van der Waals surface area contributed by atoms with Crippen LogP contribution >= 0.6 is 11.6 Å². The van der Waals surface area contributed by atoms with Crippen molar-refractivity contribution in [2.24, 2.45) is 0 Å². The molecule has 29 heavy (non-hydrogen) atoms. The van der Waals surface area contributed by atoms with E-state index in [2.05, 4.69) is 5.32 Å². The van der Waals surface area contributed by atoms with E-state index in [1.54, 1.807) is 42.5 Å². The molecule has 150 valence electrons. The number of anilines is 1. The van der Waals surface area contributed by atoms with Gasteiger partial charge in [-0.1, -0.05) is 23.7 Å². The van der Waals surface area contributed by atoms with Crippen molar-refractivity contribution in [3.05, 3.63) is 58.7 Å². The number of methoxy groups -OCH3 is 1. The van der Waals surface area contributed by atoms with Crippen molar-refractivity contribution in [2.45, 2.75) is 0 Å². The number of benzene rings is 2. The smallest absolute Gasteiger partial charge is 0.278 e. The first-order valence-electron chi connectivity index (χ1n) is 9.10. The summed E-state index contributed by atoms with van der Waals surface area (Å²) in [4.78, 5) is 27.2. The first-order chi connectivity index (χ1) is 14.1. The standard InChI is InChI=1S/C21H19ClN2O5/c1-27-9-8-24-20(25)18(13-2-4-14(22)5-3-13)19(21(24)26)23-15-6-7-16-17(12-15)29-11-10-28-16/h2-7,12,23H,8-11H2,1H3. The zero-order valence-electron chi connectivity index (χ0n) is 15.7. The Morgan fingerprint density at radius 2 is 1.76 bits per heavy atom. The zero-order chi connectivity index (χ0) is 20.4. The quantitative estimate of drug-likeness (QED) is 0.732. The molecule has 1 N–H and O–H groups in total. The molecule has 0 unspecified atom stereocenters. The van der Waals surface area contributed by atoms with E-state index in [9.17, 15) is 9.59 Å². The minimum absolute atomic E-state index is 0.164. The average Bonchev–Trinajstić information content (AvgIpc) is 2.96. The Morgan fingerprint density at radius 3 is 2.48 bits per heavy atom. The molecule has 2 amide bonds. The number of nitrogens with one attached hydrogen (secondary N) is 1. The van der Waals surface area contributed by atoms with Crippen molar-refractivity contribution in [2.75, 3.05) is 38.8 Å². The molecule has 0 aromatic heterocycles. The third kappa shape index (κ3) is 3.79. The average molecular weight is 415 g/mol. The first kappa shape index (κ1) is 19.3. The predicted octanol–water partition coefficient (Wildman–Crippen LogP) is 2.95. The summed E-state index contributed by atoms with van der Waals surface area (Å²) in [6, 6.07) is 12.1. The van der Waals surface area contributed by atoms with Gasteiger partial charge >= 0.3 is 0 Å². The Balaban J connectivity index is 1.72. The molecule has 2 aromatic carbocycles. The van der Waals surface area contributed by atoms with E-state index in [-0.39, 0.29) is 30.3 Å². The molecule has 8 heteroatoms. The fraction of sp³-hybridized carbons (Fsp3) is 0.238. The van der Waals surface area contributed by atoms with E-state index in [4.69, 9.17) is 25.8 Å². The monoisotopic (exact) mass is 414 g/mol. The largest absolute Gasteiger partial charge is 0.486 e. The maximum Gasteiger partial charge on any atom is 0.278 e. The Labute approximate surface area is 172 Å². The number of carbonyl (C=O) groups is 2. The number of amides is 2.